The maximum absolute atomic E-state index is 12.8. The van der Waals surface area contributed by atoms with E-state index in [-0.39, 0.29) is 5.82 Å². The minimum absolute atomic E-state index is 0.291. The van der Waals surface area contributed by atoms with E-state index in [9.17, 15) is 4.39 Å². The third-order valence-electron chi connectivity index (χ3n) is 1.74. The minimum atomic E-state index is -0.297. The van der Waals surface area contributed by atoms with Crippen LogP contribution >= 0.6 is 0 Å². The molecule has 0 unspecified atom stereocenters. The molecule has 0 aliphatic rings. The fourth-order valence-electron chi connectivity index (χ4n) is 1.14. The van der Waals surface area contributed by atoms with Crippen LogP contribution in [-0.2, 0) is 17.9 Å². The fourth-order valence-corrected chi connectivity index (χ4v) is 1.14. The number of halogens is 1. The average Bonchev–Trinajstić information content (AvgIpc) is 2.10. The van der Waals surface area contributed by atoms with Gasteiger partial charge in [-0.2, -0.15) is 0 Å². The lowest BCUT2D eigenvalue weighted by atomic mass is 10.1. The Morgan fingerprint density at radius 1 is 1.46 bits per heavy atom. The Kier molecular flexibility index (Phi) is 3.82. The zero-order valence-corrected chi connectivity index (χ0v) is 7.38. The molecule has 0 atom stereocenters. The lowest BCUT2D eigenvalue weighted by Crippen LogP contribution is -2.09. The van der Waals surface area contributed by atoms with Crippen LogP contribution in [0.5, 0.6) is 0 Å². The Labute approximate surface area is 76.1 Å². The van der Waals surface area contributed by atoms with Crippen molar-refractivity contribution >= 4 is 0 Å². The molecule has 72 valence electrons. The first-order chi connectivity index (χ1) is 6.27. The smallest absolute Gasteiger partial charge is 0.123 e. The maximum Gasteiger partial charge on any atom is 0.123 e. The number of methoxy groups -OCH3 is 1. The van der Waals surface area contributed by atoms with E-state index in [2.05, 4.69) is 0 Å². The molecule has 4 heteroatoms. The number of hydrogen-bond donors (Lipinski definition) is 2. The molecule has 2 N–H and O–H groups in total. The van der Waals surface area contributed by atoms with Crippen LogP contribution in [0, 0.1) is 5.82 Å². The van der Waals surface area contributed by atoms with Crippen molar-refractivity contribution in [2.75, 3.05) is 7.11 Å². The summed E-state index contributed by atoms with van der Waals surface area (Å²) in [6.07, 6.45) is 0. The third kappa shape index (κ3) is 2.77. The number of rotatable bonds is 4. The number of ether oxygens (including phenoxy) is 1. The van der Waals surface area contributed by atoms with Gasteiger partial charge in [0.1, 0.15) is 5.82 Å². The van der Waals surface area contributed by atoms with Gasteiger partial charge in [0, 0.05) is 13.7 Å². The van der Waals surface area contributed by atoms with Crippen molar-refractivity contribution < 1.29 is 14.3 Å². The Balaban J connectivity index is 2.89. The summed E-state index contributed by atoms with van der Waals surface area (Å²) in [5.41, 5.74) is 3.59. The Morgan fingerprint density at radius 3 is 2.85 bits per heavy atom. The van der Waals surface area contributed by atoms with Gasteiger partial charge in [-0.15, -0.1) is 0 Å². The van der Waals surface area contributed by atoms with Crippen LogP contribution in [-0.4, -0.2) is 12.3 Å². The highest BCUT2D eigenvalue weighted by Crippen LogP contribution is 2.12. The van der Waals surface area contributed by atoms with Crippen LogP contribution < -0.4 is 5.48 Å². The highest BCUT2D eigenvalue weighted by molar-refractivity contribution is 5.27. The van der Waals surface area contributed by atoms with E-state index in [0.29, 0.717) is 13.2 Å². The number of hydrogen-bond acceptors (Lipinski definition) is 3. The number of benzene rings is 1. The second-order valence-corrected chi connectivity index (χ2v) is 2.68. The first-order valence-electron chi connectivity index (χ1n) is 3.91. The van der Waals surface area contributed by atoms with E-state index < -0.39 is 0 Å². The first-order valence-corrected chi connectivity index (χ1v) is 3.91. The van der Waals surface area contributed by atoms with Crippen molar-refractivity contribution in [3.05, 3.63) is 35.1 Å². The molecule has 0 saturated heterocycles. The molecule has 0 fully saturated rings. The molecule has 0 aliphatic carbocycles. The largest absolute Gasteiger partial charge is 0.380 e. The van der Waals surface area contributed by atoms with Crippen LogP contribution in [0.2, 0.25) is 0 Å². The van der Waals surface area contributed by atoms with E-state index in [0.717, 1.165) is 11.1 Å². The summed E-state index contributed by atoms with van der Waals surface area (Å²) in [7, 11) is 1.54. The highest BCUT2D eigenvalue weighted by atomic mass is 19.1. The van der Waals surface area contributed by atoms with Crippen LogP contribution in [0.3, 0.4) is 0 Å². The van der Waals surface area contributed by atoms with Crippen molar-refractivity contribution in [3.63, 3.8) is 0 Å². The SMILES string of the molecule is COCc1cc(F)ccc1CNO. The summed E-state index contributed by atoms with van der Waals surface area (Å²) >= 11 is 0. The predicted molar refractivity (Wildman–Crippen MR) is 45.7 cm³/mol. The Hall–Kier alpha value is -0.970. The van der Waals surface area contributed by atoms with Gasteiger partial charge in [-0.3, -0.25) is 0 Å². The monoisotopic (exact) mass is 185 g/mol. The quantitative estimate of drug-likeness (QED) is 0.697. The Morgan fingerprint density at radius 2 is 2.23 bits per heavy atom. The van der Waals surface area contributed by atoms with Crippen molar-refractivity contribution in [1.82, 2.24) is 5.48 Å². The van der Waals surface area contributed by atoms with Gasteiger partial charge in [-0.25, -0.2) is 9.87 Å². The summed E-state index contributed by atoms with van der Waals surface area (Å²) in [6, 6.07) is 4.37. The normalized spacial score (nSPS) is 10.4. The van der Waals surface area contributed by atoms with Crippen molar-refractivity contribution in [2.45, 2.75) is 13.2 Å². The van der Waals surface area contributed by atoms with E-state index >= 15 is 0 Å². The molecule has 0 spiro atoms. The molecular weight excluding hydrogens is 173 g/mol. The van der Waals surface area contributed by atoms with Crippen LogP contribution in [0.15, 0.2) is 18.2 Å². The van der Waals surface area contributed by atoms with Gasteiger partial charge in [0.15, 0.2) is 0 Å². The lowest BCUT2D eigenvalue weighted by molar-refractivity contribution is 0.157. The first kappa shape index (κ1) is 10.1. The average molecular weight is 185 g/mol. The zero-order chi connectivity index (χ0) is 9.68. The molecular formula is C9H12FNO2. The third-order valence-corrected chi connectivity index (χ3v) is 1.74. The van der Waals surface area contributed by atoms with E-state index in [1.165, 1.54) is 12.1 Å². The van der Waals surface area contributed by atoms with E-state index in [1.54, 1.807) is 13.2 Å². The van der Waals surface area contributed by atoms with Gasteiger partial charge in [0.2, 0.25) is 0 Å². The molecule has 1 aromatic carbocycles. The number of hydroxylamine groups is 1. The van der Waals surface area contributed by atoms with Gasteiger partial charge < -0.3 is 9.94 Å². The topological polar surface area (TPSA) is 41.5 Å². The fraction of sp³-hybridized carbons (Fsp3) is 0.333. The van der Waals surface area contributed by atoms with Gasteiger partial charge in [-0.1, -0.05) is 6.07 Å². The molecule has 0 bridgehead atoms. The van der Waals surface area contributed by atoms with Crippen LogP contribution in [0.1, 0.15) is 11.1 Å². The van der Waals surface area contributed by atoms with Crippen molar-refractivity contribution in [3.8, 4) is 0 Å². The summed E-state index contributed by atoms with van der Waals surface area (Å²) in [5, 5.41) is 8.50. The molecule has 0 aromatic heterocycles. The second kappa shape index (κ2) is 4.91. The Bertz CT molecular complexity index is 278. The number of nitrogens with one attached hydrogen (secondary N) is 1. The molecule has 0 heterocycles. The summed E-state index contributed by atoms with van der Waals surface area (Å²) in [5.74, 6) is -0.297. The summed E-state index contributed by atoms with van der Waals surface area (Å²) in [4.78, 5) is 0. The zero-order valence-electron chi connectivity index (χ0n) is 7.38. The molecule has 1 aromatic rings. The molecule has 0 saturated carbocycles. The minimum Gasteiger partial charge on any atom is -0.380 e. The lowest BCUT2D eigenvalue weighted by Gasteiger charge is -2.07. The predicted octanol–water partition coefficient (Wildman–Crippen LogP) is 1.45. The molecule has 13 heavy (non-hydrogen) atoms. The van der Waals surface area contributed by atoms with Gasteiger partial charge in [-0.05, 0) is 23.3 Å². The van der Waals surface area contributed by atoms with Crippen molar-refractivity contribution in [1.29, 1.82) is 0 Å². The van der Waals surface area contributed by atoms with Crippen molar-refractivity contribution in [2.24, 2.45) is 0 Å². The molecule has 0 amide bonds. The summed E-state index contributed by atoms with van der Waals surface area (Å²) in [6.45, 7) is 0.633. The van der Waals surface area contributed by atoms with Gasteiger partial charge >= 0.3 is 0 Å². The van der Waals surface area contributed by atoms with E-state index in [4.69, 9.17) is 9.94 Å². The second-order valence-electron chi connectivity index (χ2n) is 2.68. The standard InChI is InChI=1S/C9H12FNO2/c1-13-6-8-4-9(10)3-2-7(8)5-11-12/h2-4,11-12H,5-6H2,1H3. The maximum atomic E-state index is 12.8. The van der Waals surface area contributed by atoms with Crippen LogP contribution in [0.25, 0.3) is 0 Å². The molecule has 3 nitrogen and oxygen atoms in total. The molecule has 0 aliphatic heterocycles. The van der Waals surface area contributed by atoms with Gasteiger partial charge in [0.25, 0.3) is 0 Å². The summed E-state index contributed by atoms with van der Waals surface area (Å²) < 4.78 is 17.7. The van der Waals surface area contributed by atoms with Crippen LogP contribution in [0.4, 0.5) is 4.39 Å². The van der Waals surface area contributed by atoms with Gasteiger partial charge in [0.05, 0.1) is 6.61 Å². The van der Waals surface area contributed by atoms with E-state index in [1.807, 2.05) is 5.48 Å². The molecule has 1 rings (SSSR count). The molecule has 0 radical (unpaired) electrons. The highest BCUT2D eigenvalue weighted by Gasteiger charge is 2.02.